The molecule has 0 aromatic rings. The summed E-state index contributed by atoms with van der Waals surface area (Å²) in [4.78, 5) is 0. The Morgan fingerprint density at radius 2 is 1.54 bits per heavy atom. The standard InChI is InChI=1S/C10H22O3/c1-8(2)10(5-11,6-12)7-13-9(3)4/h8-9,11-12H,5-7H2,1-4H3. The van der Waals surface area contributed by atoms with E-state index in [1.807, 2.05) is 27.7 Å². The Labute approximate surface area is 80.7 Å². The maximum Gasteiger partial charge on any atom is 0.0572 e. The normalized spacial score (nSPS) is 12.9. The molecule has 0 aromatic heterocycles. The van der Waals surface area contributed by atoms with Gasteiger partial charge in [0.1, 0.15) is 0 Å². The Hall–Kier alpha value is -0.120. The Balaban J connectivity index is 4.22. The number of ether oxygens (including phenoxy) is 1. The third-order valence-corrected chi connectivity index (χ3v) is 2.56. The topological polar surface area (TPSA) is 49.7 Å². The molecule has 0 aliphatic carbocycles. The monoisotopic (exact) mass is 190 g/mol. The number of hydrogen-bond acceptors (Lipinski definition) is 3. The van der Waals surface area contributed by atoms with Gasteiger partial charge in [0.15, 0.2) is 0 Å². The molecule has 2 N–H and O–H groups in total. The Bertz CT molecular complexity index is 128. The summed E-state index contributed by atoms with van der Waals surface area (Å²) < 4.78 is 5.43. The van der Waals surface area contributed by atoms with Gasteiger partial charge in [-0.15, -0.1) is 0 Å². The fourth-order valence-corrected chi connectivity index (χ4v) is 1.01. The van der Waals surface area contributed by atoms with Gasteiger partial charge < -0.3 is 14.9 Å². The van der Waals surface area contributed by atoms with Crippen LogP contribution >= 0.6 is 0 Å². The summed E-state index contributed by atoms with van der Waals surface area (Å²) in [5.74, 6) is 0.209. The second-order valence-corrected chi connectivity index (χ2v) is 4.19. The molecule has 0 saturated heterocycles. The largest absolute Gasteiger partial charge is 0.396 e. The van der Waals surface area contributed by atoms with Gasteiger partial charge in [0, 0.05) is 5.41 Å². The summed E-state index contributed by atoms with van der Waals surface area (Å²) in [6, 6.07) is 0. The maximum absolute atomic E-state index is 9.22. The first kappa shape index (κ1) is 12.9. The zero-order valence-corrected chi connectivity index (χ0v) is 9.08. The fourth-order valence-electron chi connectivity index (χ4n) is 1.01. The highest BCUT2D eigenvalue weighted by Crippen LogP contribution is 2.27. The molecule has 3 heteroatoms. The molecule has 0 saturated carbocycles. The minimum atomic E-state index is -0.496. The lowest BCUT2D eigenvalue weighted by molar-refractivity contribution is -0.0712. The van der Waals surface area contributed by atoms with Crippen molar-refractivity contribution in [3.63, 3.8) is 0 Å². The van der Waals surface area contributed by atoms with Crippen molar-refractivity contribution in [3.8, 4) is 0 Å². The van der Waals surface area contributed by atoms with Crippen LogP contribution in [0, 0.1) is 11.3 Å². The summed E-state index contributed by atoms with van der Waals surface area (Å²) in [6.45, 7) is 8.20. The van der Waals surface area contributed by atoms with Gasteiger partial charge in [-0.3, -0.25) is 0 Å². The van der Waals surface area contributed by atoms with Crippen LogP contribution < -0.4 is 0 Å². The Kier molecular flexibility index (Phi) is 5.53. The lowest BCUT2D eigenvalue weighted by atomic mass is 9.79. The Morgan fingerprint density at radius 1 is 1.08 bits per heavy atom. The minimum absolute atomic E-state index is 0.0338. The van der Waals surface area contributed by atoms with Crippen LogP contribution in [0.1, 0.15) is 27.7 Å². The summed E-state index contributed by atoms with van der Waals surface area (Å²) in [5.41, 5.74) is -0.496. The van der Waals surface area contributed by atoms with Gasteiger partial charge in [0.05, 0.1) is 25.9 Å². The van der Waals surface area contributed by atoms with Crippen molar-refractivity contribution >= 4 is 0 Å². The van der Waals surface area contributed by atoms with E-state index in [2.05, 4.69) is 0 Å². The van der Waals surface area contributed by atoms with Crippen LogP contribution in [0.15, 0.2) is 0 Å². The van der Waals surface area contributed by atoms with Gasteiger partial charge in [-0.1, -0.05) is 13.8 Å². The van der Waals surface area contributed by atoms with Crippen molar-refractivity contribution < 1.29 is 14.9 Å². The minimum Gasteiger partial charge on any atom is -0.396 e. The third kappa shape index (κ3) is 3.63. The van der Waals surface area contributed by atoms with Crippen molar-refractivity contribution in [2.24, 2.45) is 11.3 Å². The molecule has 0 radical (unpaired) electrons. The van der Waals surface area contributed by atoms with E-state index in [1.54, 1.807) is 0 Å². The van der Waals surface area contributed by atoms with Gasteiger partial charge in [-0.05, 0) is 19.8 Å². The quantitative estimate of drug-likeness (QED) is 0.658. The second kappa shape index (κ2) is 5.58. The highest BCUT2D eigenvalue weighted by Gasteiger charge is 2.33. The molecule has 0 atom stereocenters. The molecule has 0 aliphatic heterocycles. The lowest BCUT2D eigenvalue weighted by Gasteiger charge is -2.34. The maximum atomic E-state index is 9.22. The van der Waals surface area contributed by atoms with Crippen LogP contribution in [0.4, 0.5) is 0 Å². The molecule has 80 valence electrons. The van der Waals surface area contributed by atoms with Crippen LogP contribution in [0.2, 0.25) is 0 Å². The van der Waals surface area contributed by atoms with Gasteiger partial charge in [-0.25, -0.2) is 0 Å². The van der Waals surface area contributed by atoms with E-state index in [0.717, 1.165) is 0 Å². The number of rotatable bonds is 6. The van der Waals surface area contributed by atoms with E-state index < -0.39 is 5.41 Å². The number of aliphatic hydroxyl groups excluding tert-OH is 2. The summed E-state index contributed by atoms with van der Waals surface area (Å²) in [6.07, 6.45) is 0.135. The molecular formula is C10H22O3. The molecule has 0 spiro atoms. The van der Waals surface area contributed by atoms with Crippen molar-refractivity contribution in [3.05, 3.63) is 0 Å². The lowest BCUT2D eigenvalue weighted by Crippen LogP contribution is -2.40. The zero-order valence-electron chi connectivity index (χ0n) is 9.08. The van der Waals surface area contributed by atoms with Crippen molar-refractivity contribution in [1.82, 2.24) is 0 Å². The zero-order chi connectivity index (χ0) is 10.5. The first-order chi connectivity index (χ1) is 5.98. The van der Waals surface area contributed by atoms with E-state index in [9.17, 15) is 10.2 Å². The van der Waals surface area contributed by atoms with E-state index in [4.69, 9.17) is 4.74 Å². The third-order valence-electron chi connectivity index (χ3n) is 2.56. The van der Waals surface area contributed by atoms with E-state index in [0.29, 0.717) is 6.61 Å². The predicted molar refractivity (Wildman–Crippen MR) is 52.5 cm³/mol. The summed E-state index contributed by atoms with van der Waals surface area (Å²) >= 11 is 0. The van der Waals surface area contributed by atoms with Gasteiger partial charge in [0.2, 0.25) is 0 Å². The smallest absolute Gasteiger partial charge is 0.0572 e. The summed E-state index contributed by atoms with van der Waals surface area (Å²) in [7, 11) is 0. The molecule has 13 heavy (non-hydrogen) atoms. The van der Waals surface area contributed by atoms with Crippen LogP contribution in [-0.2, 0) is 4.74 Å². The molecule has 3 nitrogen and oxygen atoms in total. The Morgan fingerprint density at radius 3 is 1.77 bits per heavy atom. The summed E-state index contributed by atoms with van der Waals surface area (Å²) in [5, 5.41) is 18.4. The predicted octanol–water partition coefficient (Wildman–Crippen LogP) is 1.04. The molecule has 0 aliphatic rings. The van der Waals surface area contributed by atoms with Crippen LogP contribution in [-0.4, -0.2) is 36.1 Å². The molecule has 0 heterocycles. The van der Waals surface area contributed by atoms with E-state index in [1.165, 1.54) is 0 Å². The van der Waals surface area contributed by atoms with Crippen LogP contribution in [0.5, 0.6) is 0 Å². The fraction of sp³-hybridized carbons (Fsp3) is 1.00. The SMILES string of the molecule is CC(C)OCC(CO)(CO)C(C)C. The van der Waals surface area contributed by atoms with Crippen molar-refractivity contribution in [2.75, 3.05) is 19.8 Å². The van der Waals surface area contributed by atoms with Gasteiger partial charge in [0.25, 0.3) is 0 Å². The van der Waals surface area contributed by atoms with Crippen molar-refractivity contribution in [1.29, 1.82) is 0 Å². The van der Waals surface area contributed by atoms with Gasteiger partial charge >= 0.3 is 0 Å². The average Bonchev–Trinajstić information content (AvgIpc) is 2.06. The molecule has 0 amide bonds. The molecule has 0 unspecified atom stereocenters. The highest BCUT2D eigenvalue weighted by atomic mass is 16.5. The van der Waals surface area contributed by atoms with Crippen LogP contribution in [0.3, 0.4) is 0 Å². The molecular weight excluding hydrogens is 168 g/mol. The van der Waals surface area contributed by atoms with E-state index >= 15 is 0 Å². The second-order valence-electron chi connectivity index (χ2n) is 4.19. The van der Waals surface area contributed by atoms with Gasteiger partial charge in [-0.2, -0.15) is 0 Å². The van der Waals surface area contributed by atoms with Crippen LogP contribution in [0.25, 0.3) is 0 Å². The molecule has 0 rings (SSSR count). The molecule has 0 fully saturated rings. The number of aliphatic hydroxyl groups is 2. The number of hydrogen-bond donors (Lipinski definition) is 2. The first-order valence-electron chi connectivity index (χ1n) is 4.82. The average molecular weight is 190 g/mol. The van der Waals surface area contributed by atoms with Crippen molar-refractivity contribution in [2.45, 2.75) is 33.8 Å². The molecule has 0 aromatic carbocycles. The first-order valence-corrected chi connectivity index (χ1v) is 4.82. The van der Waals surface area contributed by atoms with E-state index in [-0.39, 0.29) is 25.2 Å². The highest BCUT2D eigenvalue weighted by molar-refractivity contribution is 4.81. The molecule has 0 bridgehead atoms.